The minimum absolute atomic E-state index is 0.0167. The normalized spacial score (nSPS) is 12.4. The molecule has 20 heavy (non-hydrogen) atoms. The fraction of sp³-hybridized carbons (Fsp3) is 0.692. The predicted octanol–water partition coefficient (Wildman–Crippen LogP) is 0.914. The first-order chi connectivity index (χ1) is 9.43. The molecule has 7 heteroatoms. The predicted molar refractivity (Wildman–Crippen MR) is 75.5 cm³/mol. The summed E-state index contributed by atoms with van der Waals surface area (Å²) in [7, 11) is 4.98. The molecule has 1 unspecified atom stereocenters. The number of hydrogen-bond donors (Lipinski definition) is 1. The van der Waals surface area contributed by atoms with E-state index in [1.54, 1.807) is 32.9 Å². The van der Waals surface area contributed by atoms with Crippen molar-refractivity contribution in [3.63, 3.8) is 0 Å². The summed E-state index contributed by atoms with van der Waals surface area (Å²) >= 11 is 0. The molecule has 0 aliphatic rings. The smallest absolute Gasteiger partial charge is 0.341 e. The topological polar surface area (TPSA) is 76.8 Å². The third-order valence-corrected chi connectivity index (χ3v) is 3.15. The van der Waals surface area contributed by atoms with Crippen LogP contribution < -0.4 is 4.90 Å². The molecular weight excluding hydrogens is 262 g/mol. The summed E-state index contributed by atoms with van der Waals surface area (Å²) in [5.74, 6) is -0.394. The molecule has 0 radical (unpaired) electrons. The molecule has 0 amide bonds. The second-order valence-electron chi connectivity index (χ2n) is 4.70. The van der Waals surface area contributed by atoms with Crippen LogP contribution in [0.3, 0.4) is 0 Å². The van der Waals surface area contributed by atoms with Gasteiger partial charge in [-0.2, -0.15) is 5.10 Å². The molecule has 1 atom stereocenters. The summed E-state index contributed by atoms with van der Waals surface area (Å²) in [6.45, 7) is 5.24. The fourth-order valence-electron chi connectivity index (χ4n) is 2.28. The number of carbonyl (C=O) groups is 1. The van der Waals surface area contributed by atoms with Crippen molar-refractivity contribution < 1.29 is 19.4 Å². The summed E-state index contributed by atoms with van der Waals surface area (Å²) in [6, 6.07) is 0.0167. The Balaban J connectivity index is 3.21. The fourth-order valence-corrected chi connectivity index (χ4v) is 2.28. The Hall–Kier alpha value is -1.60. The van der Waals surface area contributed by atoms with Crippen LogP contribution in [0.4, 0.5) is 5.82 Å². The van der Waals surface area contributed by atoms with Gasteiger partial charge in [0.05, 0.1) is 24.9 Å². The van der Waals surface area contributed by atoms with Crippen LogP contribution >= 0.6 is 0 Å². The van der Waals surface area contributed by atoms with E-state index in [1.807, 2.05) is 11.8 Å². The van der Waals surface area contributed by atoms with Gasteiger partial charge in [-0.25, -0.2) is 4.79 Å². The number of aromatic nitrogens is 2. The molecule has 1 aromatic heterocycles. The molecule has 0 aliphatic carbocycles. The van der Waals surface area contributed by atoms with Crippen molar-refractivity contribution in [2.45, 2.75) is 19.9 Å². The summed E-state index contributed by atoms with van der Waals surface area (Å²) in [5.41, 5.74) is 0.730. The van der Waals surface area contributed by atoms with Crippen molar-refractivity contribution >= 4 is 11.8 Å². The number of hydrogen-bond acceptors (Lipinski definition) is 5. The highest BCUT2D eigenvalue weighted by Gasteiger charge is 2.27. The quantitative estimate of drug-likeness (QED) is 0.765. The van der Waals surface area contributed by atoms with Crippen molar-refractivity contribution in [2.24, 2.45) is 7.05 Å². The maximum atomic E-state index is 11.5. The lowest BCUT2D eigenvalue weighted by Crippen LogP contribution is -2.40. The summed E-state index contributed by atoms with van der Waals surface area (Å²) in [6.07, 6.45) is 0. The van der Waals surface area contributed by atoms with Gasteiger partial charge in [-0.05, 0) is 13.8 Å². The van der Waals surface area contributed by atoms with Gasteiger partial charge < -0.3 is 19.5 Å². The van der Waals surface area contributed by atoms with E-state index in [0.717, 1.165) is 0 Å². The molecule has 0 spiro atoms. The van der Waals surface area contributed by atoms with Crippen molar-refractivity contribution in [1.82, 2.24) is 9.78 Å². The zero-order chi connectivity index (χ0) is 15.3. The van der Waals surface area contributed by atoms with E-state index in [0.29, 0.717) is 31.3 Å². The first kappa shape index (κ1) is 16.5. The standard InChI is InChI=1S/C13H23N3O4/c1-9(8-20-5)16(6-7-19-4)12-11(13(17)18)10(2)14-15(12)3/h9H,6-8H2,1-5H3,(H,17,18). The zero-order valence-electron chi connectivity index (χ0n) is 12.7. The highest BCUT2D eigenvalue weighted by molar-refractivity contribution is 5.95. The molecule has 0 saturated heterocycles. The third-order valence-electron chi connectivity index (χ3n) is 3.15. The molecule has 0 saturated carbocycles. The van der Waals surface area contributed by atoms with E-state index in [-0.39, 0.29) is 11.6 Å². The summed E-state index contributed by atoms with van der Waals surface area (Å²) in [5, 5.41) is 13.6. The molecule has 114 valence electrons. The van der Waals surface area contributed by atoms with E-state index in [9.17, 15) is 9.90 Å². The number of aryl methyl sites for hydroxylation is 2. The highest BCUT2D eigenvalue weighted by atomic mass is 16.5. The average molecular weight is 285 g/mol. The van der Waals surface area contributed by atoms with E-state index in [2.05, 4.69) is 5.10 Å². The maximum absolute atomic E-state index is 11.5. The monoisotopic (exact) mass is 285 g/mol. The molecule has 1 aromatic rings. The van der Waals surface area contributed by atoms with Gasteiger partial charge in [-0.15, -0.1) is 0 Å². The van der Waals surface area contributed by atoms with E-state index < -0.39 is 5.97 Å². The highest BCUT2D eigenvalue weighted by Crippen LogP contribution is 2.25. The van der Waals surface area contributed by atoms with Crippen molar-refractivity contribution in [3.05, 3.63) is 11.3 Å². The number of methoxy groups -OCH3 is 2. The van der Waals surface area contributed by atoms with Crippen molar-refractivity contribution in [3.8, 4) is 0 Å². The second-order valence-corrected chi connectivity index (χ2v) is 4.70. The lowest BCUT2D eigenvalue weighted by atomic mass is 10.2. The van der Waals surface area contributed by atoms with Gasteiger partial charge in [-0.3, -0.25) is 4.68 Å². The minimum Gasteiger partial charge on any atom is -0.477 e. The van der Waals surface area contributed by atoms with Crippen LogP contribution in [-0.4, -0.2) is 60.9 Å². The van der Waals surface area contributed by atoms with Gasteiger partial charge in [0.15, 0.2) is 0 Å². The molecule has 1 rings (SSSR count). The first-order valence-corrected chi connectivity index (χ1v) is 6.45. The Kier molecular flexibility index (Phi) is 5.97. The number of carboxylic acid groups (broad SMARTS) is 1. The molecule has 0 fully saturated rings. The Morgan fingerprint density at radius 1 is 1.45 bits per heavy atom. The average Bonchev–Trinajstić information content (AvgIpc) is 2.65. The van der Waals surface area contributed by atoms with Crippen LogP contribution in [0.2, 0.25) is 0 Å². The number of anilines is 1. The van der Waals surface area contributed by atoms with Gasteiger partial charge >= 0.3 is 5.97 Å². The van der Waals surface area contributed by atoms with E-state index >= 15 is 0 Å². The van der Waals surface area contributed by atoms with Gasteiger partial charge in [0.25, 0.3) is 0 Å². The summed E-state index contributed by atoms with van der Waals surface area (Å²) < 4.78 is 11.9. The SMILES string of the molecule is COCCN(c1c(C(=O)O)c(C)nn1C)C(C)COC. The van der Waals surface area contributed by atoms with Gasteiger partial charge in [0, 0.05) is 27.8 Å². The van der Waals surface area contributed by atoms with Crippen molar-refractivity contribution in [2.75, 3.05) is 38.9 Å². The molecule has 0 bridgehead atoms. The lowest BCUT2D eigenvalue weighted by Gasteiger charge is -2.31. The Labute approximate surface area is 119 Å². The number of rotatable bonds is 8. The third kappa shape index (κ3) is 3.49. The second kappa shape index (κ2) is 7.25. The van der Waals surface area contributed by atoms with Gasteiger partial charge in [0.1, 0.15) is 11.4 Å². The van der Waals surface area contributed by atoms with E-state index in [1.165, 1.54) is 0 Å². The van der Waals surface area contributed by atoms with E-state index in [4.69, 9.17) is 9.47 Å². The number of nitrogens with zero attached hydrogens (tertiary/aromatic N) is 3. The Bertz CT molecular complexity index is 459. The van der Waals surface area contributed by atoms with Crippen molar-refractivity contribution in [1.29, 1.82) is 0 Å². The van der Waals surface area contributed by atoms with Crippen LogP contribution in [0, 0.1) is 6.92 Å². The van der Waals surface area contributed by atoms with Crippen LogP contribution in [0.5, 0.6) is 0 Å². The molecule has 0 aliphatic heterocycles. The van der Waals surface area contributed by atoms with Crippen LogP contribution in [0.15, 0.2) is 0 Å². The number of aromatic carboxylic acids is 1. The Morgan fingerprint density at radius 2 is 2.10 bits per heavy atom. The summed E-state index contributed by atoms with van der Waals surface area (Å²) in [4.78, 5) is 13.4. The minimum atomic E-state index is -0.974. The van der Waals surface area contributed by atoms with Crippen LogP contribution in [0.1, 0.15) is 23.0 Å². The molecular formula is C13H23N3O4. The largest absolute Gasteiger partial charge is 0.477 e. The van der Waals surface area contributed by atoms with Crippen LogP contribution in [0.25, 0.3) is 0 Å². The molecule has 7 nitrogen and oxygen atoms in total. The maximum Gasteiger partial charge on any atom is 0.341 e. The molecule has 1 heterocycles. The molecule has 0 aromatic carbocycles. The lowest BCUT2D eigenvalue weighted by molar-refractivity contribution is 0.0696. The van der Waals surface area contributed by atoms with Gasteiger partial charge in [0.2, 0.25) is 0 Å². The number of ether oxygens (including phenoxy) is 2. The zero-order valence-corrected chi connectivity index (χ0v) is 12.7. The molecule has 1 N–H and O–H groups in total. The Morgan fingerprint density at radius 3 is 2.60 bits per heavy atom. The first-order valence-electron chi connectivity index (χ1n) is 6.45. The van der Waals surface area contributed by atoms with Gasteiger partial charge in [-0.1, -0.05) is 0 Å². The number of carboxylic acids is 1. The van der Waals surface area contributed by atoms with Crippen LogP contribution in [-0.2, 0) is 16.5 Å².